The second-order valence-corrected chi connectivity index (χ2v) is 9.98. The minimum Gasteiger partial charge on any atom is -0.493 e. The van der Waals surface area contributed by atoms with Crippen LogP contribution in [0.2, 0.25) is 0 Å². The Morgan fingerprint density at radius 3 is 2.40 bits per heavy atom. The van der Waals surface area contributed by atoms with Gasteiger partial charge >= 0.3 is 0 Å². The molecule has 132 valence electrons. The van der Waals surface area contributed by atoms with E-state index in [-0.39, 0.29) is 0 Å². The summed E-state index contributed by atoms with van der Waals surface area (Å²) >= 11 is 3.49. The Labute approximate surface area is 156 Å². The van der Waals surface area contributed by atoms with Crippen molar-refractivity contribution >= 4 is 21.6 Å². The average Bonchev–Trinajstić information content (AvgIpc) is 3.36. The standard InChI is InChI=1S/C20H24BrN3O/c21-19-23-22-18-6-17(16(10-24(18)19)15-1-2-15)25-11-20-7-12-3-13(8-20)5-14(4-12)9-20/h6,10,12-15H,1-5,7-9,11H2. The first-order valence-corrected chi connectivity index (χ1v) is 10.6. The Morgan fingerprint density at radius 2 is 1.76 bits per heavy atom. The Kier molecular flexibility index (Phi) is 3.13. The van der Waals surface area contributed by atoms with Gasteiger partial charge in [0, 0.05) is 23.2 Å². The van der Waals surface area contributed by atoms with Crippen LogP contribution < -0.4 is 4.74 Å². The summed E-state index contributed by atoms with van der Waals surface area (Å²) in [6.07, 6.45) is 13.4. The first-order chi connectivity index (χ1) is 12.2. The van der Waals surface area contributed by atoms with Crippen molar-refractivity contribution in [3.05, 3.63) is 22.6 Å². The Balaban J connectivity index is 1.30. The van der Waals surface area contributed by atoms with Gasteiger partial charge in [-0.15, -0.1) is 10.2 Å². The molecular formula is C20H24BrN3O. The lowest BCUT2D eigenvalue weighted by molar-refractivity contribution is -0.0746. The lowest BCUT2D eigenvalue weighted by Gasteiger charge is -2.56. The van der Waals surface area contributed by atoms with E-state index in [1.807, 2.05) is 4.40 Å². The van der Waals surface area contributed by atoms with E-state index in [9.17, 15) is 0 Å². The second kappa shape index (κ2) is 5.21. The van der Waals surface area contributed by atoms with Gasteiger partial charge in [0.15, 0.2) is 5.65 Å². The maximum Gasteiger partial charge on any atom is 0.204 e. The summed E-state index contributed by atoms with van der Waals surface area (Å²) in [5, 5.41) is 8.41. The Morgan fingerprint density at radius 1 is 1.08 bits per heavy atom. The summed E-state index contributed by atoms with van der Waals surface area (Å²) < 4.78 is 9.35. The number of fused-ring (bicyclic) bond motifs is 1. The number of rotatable bonds is 4. The van der Waals surface area contributed by atoms with Gasteiger partial charge < -0.3 is 4.74 Å². The Bertz CT molecular complexity index is 806. The van der Waals surface area contributed by atoms with Crippen LogP contribution in [0.5, 0.6) is 5.75 Å². The topological polar surface area (TPSA) is 39.4 Å². The molecule has 0 N–H and O–H groups in total. The monoisotopic (exact) mass is 401 g/mol. The quantitative estimate of drug-likeness (QED) is 0.726. The summed E-state index contributed by atoms with van der Waals surface area (Å²) in [4.78, 5) is 0. The van der Waals surface area contributed by atoms with Crippen molar-refractivity contribution in [3.8, 4) is 5.75 Å². The number of halogens is 1. The summed E-state index contributed by atoms with van der Waals surface area (Å²) in [5.74, 6) is 4.66. The molecule has 0 saturated heterocycles. The van der Waals surface area contributed by atoms with E-state index in [1.165, 1.54) is 56.9 Å². The van der Waals surface area contributed by atoms with Gasteiger partial charge in [0.2, 0.25) is 4.73 Å². The van der Waals surface area contributed by atoms with Gasteiger partial charge in [-0.1, -0.05) is 0 Å². The molecule has 5 heteroatoms. The van der Waals surface area contributed by atoms with Gasteiger partial charge in [-0.2, -0.15) is 0 Å². The van der Waals surface area contributed by atoms with E-state index in [1.54, 1.807) is 0 Å². The van der Waals surface area contributed by atoms with E-state index in [0.717, 1.165) is 40.5 Å². The molecule has 2 heterocycles. The summed E-state index contributed by atoms with van der Waals surface area (Å²) in [5.41, 5.74) is 2.67. The van der Waals surface area contributed by atoms with E-state index in [4.69, 9.17) is 4.74 Å². The van der Waals surface area contributed by atoms with Gasteiger partial charge in [-0.3, -0.25) is 4.40 Å². The van der Waals surface area contributed by atoms with Crippen molar-refractivity contribution in [2.45, 2.75) is 57.3 Å². The van der Waals surface area contributed by atoms with E-state index in [0.29, 0.717) is 11.3 Å². The first-order valence-electron chi connectivity index (χ1n) is 9.84. The van der Waals surface area contributed by atoms with Gasteiger partial charge in [0.1, 0.15) is 5.75 Å². The highest BCUT2D eigenvalue weighted by Gasteiger charge is 2.51. The smallest absolute Gasteiger partial charge is 0.204 e. The highest BCUT2D eigenvalue weighted by molar-refractivity contribution is 9.10. The molecule has 5 fully saturated rings. The van der Waals surface area contributed by atoms with Crippen LogP contribution >= 0.6 is 15.9 Å². The molecule has 0 atom stereocenters. The summed E-state index contributed by atoms with van der Waals surface area (Å²) in [6, 6.07) is 2.10. The van der Waals surface area contributed by atoms with E-state index in [2.05, 4.69) is 38.4 Å². The van der Waals surface area contributed by atoms with E-state index >= 15 is 0 Å². The first kappa shape index (κ1) is 15.0. The van der Waals surface area contributed by atoms with Crippen molar-refractivity contribution in [2.24, 2.45) is 23.2 Å². The fourth-order valence-electron chi connectivity index (χ4n) is 6.43. The fourth-order valence-corrected chi connectivity index (χ4v) is 6.79. The van der Waals surface area contributed by atoms with Gasteiger partial charge in [-0.05, 0) is 91.0 Å². The maximum atomic E-state index is 6.54. The summed E-state index contributed by atoms with van der Waals surface area (Å²) in [6.45, 7) is 0.904. The molecule has 4 nitrogen and oxygen atoms in total. The molecule has 0 aromatic carbocycles. The van der Waals surface area contributed by atoms with Crippen LogP contribution in [0.25, 0.3) is 5.65 Å². The third-order valence-corrected chi connectivity index (χ3v) is 7.75. The number of aromatic nitrogens is 3. The van der Waals surface area contributed by atoms with Gasteiger partial charge in [0.25, 0.3) is 0 Å². The molecule has 5 aliphatic rings. The van der Waals surface area contributed by atoms with Crippen LogP contribution in [0.4, 0.5) is 0 Å². The zero-order valence-electron chi connectivity index (χ0n) is 14.5. The maximum absolute atomic E-state index is 6.54. The SMILES string of the molecule is Brc1nnc2cc(OCC34CC5CC(CC(C5)C3)C4)c(C3CC3)cn12. The molecule has 0 aliphatic heterocycles. The molecule has 0 radical (unpaired) electrons. The predicted octanol–water partition coefficient (Wildman–Crippen LogP) is 4.96. The summed E-state index contributed by atoms with van der Waals surface area (Å²) in [7, 11) is 0. The predicted molar refractivity (Wildman–Crippen MR) is 98.8 cm³/mol. The number of ether oxygens (including phenoxy) is 1. The van der Waals surface area contributed by atoms with Crippen molar-refractivity contribution in [2.75, 3.05) is 6.61 Å². The van der Waals surface area contributed by atoms with Crippen LogP contribution in [0.15, 0.2) is 17.0 Å². The van der Waals surface area contributed by atoms with Crippen LogP contribution in [-0.2, 0) is 0 Å². The molecule has 0 spiro atoms. The molecule has 5 saturated carbocycles. The minimum atomic E-state index is 0.454. The van der Waals surface area contributed by atoms with Crippen LogP contribution in [-0.4, -0.2) is 21.2 Å². The highest BCUT2D eigenvalue weighted by atomic mass is 79.9. The van der Waals surface area contributed by atoms with Crippen LogP contribution in [0.3, 0.4) is 0 Å². The zero-order chi connectivity index (χ0) is 16.6. The molecule has 2 aromatic rings. The minimum absolute atomic E-state index is 0.454. The highest BCUT2D eigenvalue weighted by Crippen LogP contribution is 2.60. The molecule has 0 amide bonds. The average molecular weight is 402 g/mol. The fraction of sp³-hybridized carbons (Fsp3) is 0.700. The normalized spacial score (nSPS) is 36.3. The van der Waals surface area contributed by atoms with Crippen molar-refractivity contribution in [1.82, 2.24) is 14.6 Å². The van der Waals surface area contributed by atoms with Crippen LogP contribution in [0.1, 0.15) is 62.8 Å². The lowest BCUT2D eigenvalue weighted by atomic mass is 9.50. The van der Waals surface area contributed by atoms with Gasteiger partial charge in [0.05, 0.1) is 6.61 Å². The molecule has 0 unspecified atom stereocenters. The number of nitrogens with zero attached hydrogens (tertiary/aromatic N) is 3. The second-order valence-electron chi connectivity index (χ2n) is 9.27. The van der Waals surface area contributed by atoms with Gasteiger partial charge in [-0.25, -0.2) is 0 Å². The lowest BCUT2D eigenvalue weighted by Crippen LogP contribution is -2.48. The number of hydrogen-bond donors (Lipinski definition) is 0. The third kappa shape index (κ3) is 2.45. The molecule has 4 bridgehead atoms. The van der Waals surface area contributed by atoms with Crippen molar-refractivity contribution < 1.29 is 4.74 Å². The third-order valence-electron chi connectivity index (χ3n) is 7.21. The van der Waals surface area contributed by atoms with Crippen LogP contribution in [0, 0.1) is 23.2 Å². The number of hydrogen-bond acceptors (Lipinski definition) is 3. The molecule has 25 heavy (non-hydrogen) atoms. The molecule has 7 rings (SSSR count). The molecule has 5 aliphatic carbocycles. The van der Waals surface area contributed by atoms with E-state index < -0.39 is 0 Å². The molecular weight excluding hydrogens is 378 g/mol. The Hall–Kier alpha value is -1.10. The van der Waals surface area contributed by atoms with Crippen molar-refractivity contribution in [3.63, 3.8) is 0 Å². The largest absolute Gasteiger partial charge is 0.493 e. The van der Waals surface area contributed by atoms with Crippen molar-refractivity contribution in [1.29, 1.82) is 0 Å². The number of pyridine rings is 1. The zero-order valence-corrected chi connectivity index (χ0v) is 16.0. The molecule has 2 aromatic heterocycles.